The third-order valence-electron chi connectivity index (χ3n) is 2.51. The van der Waals surface area contributed by atoms with E-state index in [-0.39, 0.29) is 19.6 Å². The summed E-state index contributed by atoms with van der Waals surface area (Å²) in [6.07, 6.45) is -0.475. The van der Waals surface area contributed by atoms with Gasteiger partial charge in [-0.15, -0.1) is 0 Å². The van der Waals surface area contributed by atoms with Crippen LogP contribution in [0.3, 0.4) is 0 Å². The summed E-state index contributed by atoms with van der Waals surface area (Å²) in [5.74, 6) is 1.22. The fourth-order valence-electron chi connectivity index (χ4n) is 1.76. The second-order valence-corrected chi connectivity index (χ2v) is 5.29. The summed E-state index contributed by atoms with van der Waals surface area (Å²) in [5, 5.41) is 0. The topological polar surface area (TPSA) is 72.9 Å². The molecule has 1 aliphatic rings. The number of amides is 1. The van der Waals surface area contributed by atoms with E-state index in [4.69, 9.17) is 9.47 Å². The lowest BCUT2D eigenvalue weighted by atomic mass is 10.2. The van der Waals surface area contributed by atoms with Gasteiger partial charge in [0.25, 0.3) is 0 Å². The Kier molecular flexibility index (Phi) is 4.72. The van der Waals surface area contributed by atoms with Gasteiger partial charge in [-0.2, -0.15) is 0 Å². The van der Waals surface area contributed by atoms with Gasteiger partial charge in [0, 0.05) is 12.0 Å². The van der Waals surface area contributed by atoms with Crippen LogP contribution < -0.4 is 0 Å². The van der Waals surface area contributed by atoms with Crippen LogP contribution in [0.1, 0.15) is 34.1 Å². The molecule has 1 aliphatic heterocycles. The molecule has 0 bridgehead atoms. The summed E-state index contributed by atoms with van der Waals surface area (Å²) in [6.45, 7) is 7.16. The lowest BCUT2D eigenvalue weighted by molar-refractivity contribution is -0.148. The minimum atomic E-state index is -0.800. The minimum Gasteiger partial charge on any atom is -0.464 e. The lowest BCUT2D eigenvalue weighted by Crippen LogP contribution is -2.44. The Labute approximate surface area is 112 Å². The van der Waals surface area contributed by atoms with Crippen molar-refractivity contribution < 1.29 is 23.9 Å². The Bertz CT molecular complexity index is 417. The normalized spacial score (nSPS) is 19.1. The van der Waals surface area contributed by atoms with Gasteiger partial charge in [-0.05, 0) is 27.7 Å². The molecular weight excluding hydrogens is 250 g/mol. The molecule has 0 aromatic carbocycles. The molecule has 1 atom stereocenters. The van der Waals surface area contributed by atoms with E-state index < -0.39 is 23.7 Å². The molecule has 1 saturated heterocycles. The molecule has 0 N–H and O–H groups in total. The lowest BCUT2D eigenvalue weighted by Gasteiger charge is -2.27. The first-order valence-corrected chi connectivity index (χ1v) is 6.17. The Morgan fingerprint density at radius 3 is 2.53 bits per heavy atom. The molecule has 0 unspecified atom stereocenters. The predicted molar refractivity (Wildman–Crippen MR) is 67.2 cm³/mol. The average Bonchev–Trinajstić information content (AvgIpc) is 2.71. The molecule has 19 heavy (non-hydrogen) atoms. The van der Waals surface area contributed by atoms with E-state index in [1.165, 1.54) is 4.90 Å². The van der Waals surface area contributed by atoms with Crippen LogP contribution in [0.25, 0.3) is 0 Å². The summed E-state index contributed by atoms with van der Waals surface area (Å²) in [7, 11) is 0. The molecule has 106 valence electrons. The zero-order valence-corrected chi connectivity index (χ0v) is 11.7. The zero-order chi connectivity index (χ0) is 14.6. The van der Waals surface area contributed by atoms with Crippen molar-refractivity contribution in [1.29, 1.82) is 0 Å². The molecular formula is C13H19NO5. The summed E-state index contributed by atoms with van der Waals surface area (Å²) < 4.78 is 10.1. The third-order valence-corrected chi connectivity index (χ3v) is 2.51. The van der Waals surface area contributed by atoms with Crippen molar-refractivity contribution in [2.75, 3.05) is 13.2 Å². The summed E-state index contributed by atoms with van der Waals surface area (Å²) in [6, 6.07) is -0.800. The molecule has 0 aliphatic carbocycles. The van der Waals surface area contributed by atoms with E-state index in [0.29, 0.717) is 5.57 Å². The van der Waals surface area contributed by atoms with Crippen LogP contribution >= 0.6 is 0 Å². The summed E-state index contributed by atoms with van der Waals surface area (Å²) in [4.78, 5) is 35.7. The van der Waals surface area contributed by atoms with Crippen molar-refractivity contribution in [3.8, 4) is 0 Å². The number of carbonyl (C=O) groups is 2. The van der Waals surface area contributed by atoms with Crippen molar-refractivity contribution in [3.63, 3.8) is 0 Å². The SMILES string of the molecule is CCOC(=O)[C@@H]1CC(=C=O)CN1C(=O)OC(C)(C)C. The number of nitrogens with zero attached hydrogens (tertiary/aromatic N) is 1. The van der Waals surface area contributed by atoms with Crippen molar-refractivity contribution in [3.05, 3.63) is 5.57 Å². The van der Waals surface area contributed by atoms with E-state index in [2.05, 4.69) is 0 Å². The van der Waals surface area contributed by atoms with Gasteiger partial charge >= 0.3 is 12.1 Å². The van der Waals surface area contributed by atoms with Crippen LogP contribution in [0.15, 0.2) is 5.57 Å². The number of rotatable bonds is 2. The van der Waals surface area contributed by atoms with Gasteiger partial charge in [-0.3, -0.25) is 4.90 Å². The molecule has 0 saturated carbocycles. The molecule has 0 spiro atoms. The molecule has 6 heteroatoms. The van der Waals surface area contributed by atoms with Crippen LogP contribution in [0.4, 0.5) is 4.79 Å². The molecule has 1 amide bonds. The largest absolute Gasteiger partial charge is 0.464 e. The predicted octanol–water partition coefficient (Wildman–Crippen LogP) is 1.32. The van der Waals surface area contributed by atoms with Gasteiger partial charge in [-0.1, -0.05) is 0 Å². The van der Waals surface area contributed by atoms with Crippen LogP contribution in [0.2, 0.25) is 0 Å². The molecule has 0 aromatic rings. The fraction of sp³-hybridized carbons (Fsp3) is 0.692. The van der Waals surface area contributed by atoms with E-state index in [9.17, 15) is 14.4 Å². The molecule has 0 aromatic heterocycles. The van der Waals surface area contributed by atoms with Gasteiger partial charge in [0.1, 0.15) is 17.6 Å². The second-order valence-electron chi connectivity index (χ2n) is 5.29. The molecule has 1 rings (SSSR count). The van der Waals surface area contributed by atoms with Gasteiger partial charge < -0.3 is 9.47 Å². The molecule has 0 radical (unpaired) electrons. The van der Waals surface area contributed by atoms with Crippen molar-refractivity contribution in [2.45, 2.75) is 45.8 Å². The summed E-state index contributed by atoms with van der Waals surface area (Å²) >= 11 is 0. The van der Waals surface area contributed by atoms with E-state index in [1.54, 1.807) is 33.6 Å². The number of hydrogen-bond donors (Lipinski definition) is 0. The van der Waals surface area contributed by atoms with E-state index in [1.807, 2.05) is 0 Å². The highest BCUT2D eigenvalue weighted by molar-refractivity contribution is 5.84. The van der Waals surface area contributed by atoms with Crippen molar-refractivity contribution in [2.24, 2.45) is 0 Å². The number of esters is 1. The highest BCUT2D eigenvalue weighted by Crippen LogP contribution is 2.24. The molecule has 6 nitrogen and oxygen atoms in total. The van der Waals surface area contributed by atoms with E-state index in [0.717, 1.165) is 0 Å². The Morgan fingerprint density at radius 1 is 1.42 bits per heavy atom. The maximum Gasteiger partial charge on any atom is 0.411 e. The van der Waals surface area contributed by atoms with Crippen LogP contribution in [-0.4, -0.2) is 47.7 Å². The first-order valence-electron chi connectivity index (χ1n) is 6.17. The number of carbonyl (C=O) groups excluding carboxylic acids is 3. The maximum atomic E-state index is 12.0. The Balaban J connectivity index is 2.86. The number of hydrogen-bond acceptors (Lipinski definition) is 5. The van der Waals surface area contributed by atoms with Crippen LogP contribution in [0, 0.1) is 0 Å². The van der Waals surface area contributed by atoms with Crippen molar-refractivity contribution in [1.82, 2.24) is 4.90 Å². The monoisotopic (exact) mass is 269 g/mol. The second kappa shape index (κ2) is 5.89. The standard InChI is InChI=1S/C13H19NO5/c1-5-18-11(16)10-6-9(8-15)7-14(10)12(17)19-13(2,3)4/h10H,5-7H2,1-4H3/t10-/m0/s1. The maximum absolute atomic E-state index is 12.0. The Hall–Kier alpha value is -1.81. The van der Waals surface area contributed by atoms with Gasteiger partial charge in [-0.25, -0.2) is 14.4 Å². The number of likely N-dealkylation sites (tertiary alicyclic amines) is 1. The van der Waals surface area contributed by atoms with Crippen molar-refractivity contribution >= 4 is 18.0 Å². The number of ether oxygens (including phenoxy) is 2. The summed E-state index contributed by atoms with van der Waals surface area (Å²) in [5.41, 5.74) is -0.298. The smallest absolute Gasteiger partial charge is 0.411 e. The molecule has 1 heterocycles. The van der Waals surface area contributed by atoms with Gasteiger partial charge in [0.2, 0.25) is 0 Å². The third kappa shape index (κ3) is 4.10. The highest BCUT2D eigenvalue weighted by atomic mass is 16.6. The fourth-order valence-corrected chi connectivity index (χ4v) is 1.76. The van der Waals surface area contributed by atoms with Crippen LogP contribution in [-0.2, 0) is 19.1 Å². The molecule has 1 fully saturated rings. The highest BCUT2D eigenvalue weighted by Gasteiger charge is 2.40. The van der Waals surface area contributed by atoms with E-state index >= 15 is 0 Å². The zero-order valence-electron chi connectivity index (χ0n) is 11.7. The minimum absolute atomic E-state index is 0.0574. The average molecular weight is 269 g/mol. The first kappa shape index (κ1) is 15.2. The quantitative estimate of drug-likeness (QED) is 0.558. The first-order chi connectivity index (χ1) is 8.78. The van der Waals surface area contributed by atoms with Gasteiger partial charge in [0.05, 0.1) is 13.2 Å². The van der Waals surface area contributed by atoms with Crippen LogP contribution in [0.5, 0.6) is 0 Å². The van der Waals surface area contributed by atoms with Gasteiger partial charge in [0.15, 0.2) is 0 Å². The Morgan fingerprint density at radius 2 is 2.05 bits per heavy atom.